The molecular formula is C15H22N4O. The fourth-order valence-corrected chi connectivity index (χ4v) is 2.16. The maximum atomic E-state index is 5.14. The molecule has 2 aromatic heterocycles. The Labute approximate surface area is 120 Å². The second-order valence-corrected chi connectivity index (χ2v) is 5.10. The Morgan fingerprint density at radius 1 is 1.25 bits per heavy atom. The lowest BCUT2D eigenvalue weighted by Crippen LogP contribution is -2.23. The van der Waals surface area contributed by atoms with E-state index in [1.165, 1.54) is 0 Å². The first-order valence-electron chi connectivity index (χ1n) is 6.80. The first-order chi connectivity index (χ1) is 9.58. The quantitative estimate of drug-likeness (QED) is 0.878. The molecule has 0 fully saturated rings. The predicted molar refractivity (Wildman–Crippen MR) is 80.0 cm³/mol. The number of rotatable bonds is 6. The van der Waals surface area contributed by atoms with Crippen LogP contribution in [0.15, 0.2) is 24.4 Å². The molecule has 108 valence electrons. The number of hydrogen-bond donors (Lipinski definition) is 1. The summed E-state index contributed by atoms with van der Waals surface area (Å²) in [5, 5.41) is 3.37. The lowest BCUT2D eigenvalue weighted by Gasteiger charge is -2.15. The first kappa shape index (κ1) is 14.5. The van der Waals surface area contributed by atoms with Crippen LogP contribution in [-0.4, -0.2) is 34.3 Å². The zero-order valence-corrected chi connectivity index (χ0v) is 12.6. The third kappa shape index (κ3) is 3.81. The van der Waals surface area contributed by atoms with Gasteiger partial charge in [-0.25, -0.2) is 4.98 Å². The fraction of sp³-hybridized carbons (Fsp3) is 0.467. The van der Waals surface area contributed by atoms with Crippen LogP contribution in [0, 0.1) is 13.8 Å². The summed E-state index contributed by atoms with van der Waals surface area (Å²) in [6.45, 7) is 7.43. The third-order valence-electron chi connectivity index (χ3n) is 2.97. The van der Waals surface area contributed by atoms with Gasteiger partial charge in [0, 0.05) is 25.0 Å². The molecule has 1 N–H and O–H groups in total. The minimum Gasteiger partial charge on any atom is -0.383 e. The van der Waals surface area contributed by atoms with Crippen molar-refractivity contribution >= 4 is 5.95 Å². The van der Waals surface area contributed by atoms with E-state index in [4.69, 9.17) is 4.74 Å². The van der Waals surface area contributed by atoms with E-state index in [-0.39, 0.29) is 6.04 Å². The standard InChI is InChI=1S/C15H22N4O/c1-11-6-5-7-14(16-11)9-19-8-12(2)17-15(19)18-13(3)10-20-4/h5-8,13H,9-10H2,1-4H3,(H,17,18). The van der Waals surface area contributed by atoms with Crippen molar-refractivity contribution in [2.45, 2.75) is 33.4 Å². The van der Waals surface area contributed by atoms with Crippen LogP contribution < -0.4 is 5.32 Å². The molecule has 20 heavy (non-hydrogen) atoms. The van der Waals surface area contributed by atoms with Crippen LogP contribution in [0.4, 0.5) is 5.95 Å². The SMILES string of the molecule is COCC(C)Nc1nc(C)cn1Cc1cccc(C)n1. The molecule has 0 radical (unpaired) electrons. The maximum absolute atomic E-state index is 5.14. The first-order valence-corrected chi connectivity index (χ1v) is 6.80. The Morgan fingerprint density at radius 2 is 2.05 bits per heavy atom. The normalized spacial score (nSPS) is 12.4. The largest absolute Gasteiger partial charge is 0.383 e. The smallest absolute Gasteiger partial charge is 0.203 e. The summed E-state index contributed by atoms with van der Waals surface area (Å²) in [6, 6.07) is 6.28. The number of nitrogens with zero attached hydrogens (tertiary/aromatic N) is 3. The average molecular weight is 274 g/mol. The van der Waals surface area contributed by atoms with Gasteiger partial charge in [0.05, 0.1) is 24.5 Å². The van der Waals surface area contributed by atoms with Crippen molar-refractivity contribution in [2.24, 2.45) is 0 Å². The summed E-state index contributed by atoms with van der Waals surface area (Å²) >= 11 is 0. The van der Waals surface area contributed by atoms with Gasteiger partial charge in [0.15, 0.2) is 0 Å². The number of nitrogens with one attached hydrogen (secondary N) is 1. The van der Waals surface area contributed by atoms with E-state index in [9.17, 15) is 0 Å². The molecule has 0 saturated heterocycles. The van der Waals surface area contributed by atoms with E-state index in [1.807, 2.05) is 38.2 Å². The number of methoxy groups -OCH3 is 1. The highest BCUT2D eigenvalue weighted by Crippen LogP contribution is 2.12. The van der Waals surface area contributed by atoms with E-state index >= 15 is 0 Å². The fourth-order valence-electron chi connectivity index (χ4n) is 2.16. The van der Waals surface area contributed by atoms with Crippen molar-refractivity contribution in [3.05, 3.63) is 41.5 Å². The van der Waals surface area contributed by atoms with Crippen LogP contribution in [0.1, 0.15) is 24.0 Å². The number of hydrogen-bond acceptors (Lipinski definition) is 4. The van der Waals surface area contributed by atoms with Gasteiger partial charge < -0.3 is 14.6 Å². The van der Waals surface area contributed by atoms with Gasteiger partial charge in [-0.2, -0.15) is 0 Å². The summed E-state index contributed by atoms with van der Waals surface area (Å²) in [7, 11) is 1.70. The molecule has 0 spiro atoms. The Kier molecular flexibility index (Phi) is 4.74. The minimum absolute atomic E-state index is 0.214. The second-order valence-electron chi connectivity index (χ2n) is 5.10. The van der Waals surface area contributed by atoms with Gasteiger partial charge in [0.2, 0.25) is 5.95 Å². The van der Waals surface area contributed by atoms with Crippen molar-refractivity contribution in [3.8, 4) is 0 Å². The second kappa shape index (κ2) is 6.52. The number of aromatic nitrogens is 3. The Hall–Kier alpha value is -1.88. The molecule has 1 atom stereocenters. The van der Waals surface area contributed by atoms with Crippen LogP contribution in [0.25, 0.3) is 0 Å². The number of imidazole rings is 1. The summed E-state index contributed by atoms with van der Waals surface area (Å²) in [5.74, 6) is 0.857. The molecule has 5 heteroatoms. The number of anilines is 1. The van der Waals surface area contributed by atoms with Gasteiger partial charge in [0.25, 0.3) is 0 Å². The monoisotopic (exact) mass is 274 g/mol. The Morgan fingerprint density at radius 3 is 2.75 bits per heavy atom. The Balaban J connectivity index is 2.15. The van der Waals surface area contributed by atoms with Crippen LogP contribution in [0.3, 0.4) is 0 Å². The molecular weight excluding hydrogens is 252 g/mol. The number of pyridine rings is 1. The lowest BCUT2D eigenvalue weighted by molar-refractivity contribution is 0.190. The molecule has 2 rings (SSSR count). The van der Waals surface area contributed by atoms with Gasteiger partial charge >= 0.3 is 0 Å². The molecule has 1 unspecified atom stereocenters. The molecule has 0 amide bonds. The van der Waals surface area contributed by atoms with E-state index in [1.54, 1.807) is 7.11 Å². The molecule has 0 aliphatic heterocycles. The Bertz CT molecular complexity index is 565. The van der Waals surface area contributed by atoms with Crippen molar-refractivity contribution < 1.29 is 4.74 Å². The molecule has 0 aromatic carbocycles. The molecule has 2 aromatic rings. The van der Waals surface area contributed by atoms with Gasteiger partial charge in [-0.3, -0.25) is 4.98 Å². The lowest BCUT2D eigenvalue weighted by atomic mass is 10.3. The van der Waals surface area contributed by atoms with Crippen molar-refractivity contribution in [1.82, 2.24) is 14.5 Å². The molecule has 0 saturated carbocycles. The highest BCUT2D eigenvalue weighted by molar-refractivity contribution is 5.31. The summed E-state index contributed by atoms with van der Waals surface area (Å²) < 4.78 is 7.23. The molecule has 0 aliphatic rings. The van der Waals surface area contributed by atoms with E-state index in [2.05, 4.69) is 26.8 Å². The predicted octanol–water partition coefficient (Wildman–Crippen LogP) is 2.39. The van der Waals surface area contributed by atoms with E-state index in [0.29, 0.717) is 13.2 Å². The van der Waals surface area contributed by atoms with Gasteiger partial charge in [-0.15, -0.1) is 0 Å². The van der Waals surface area contributed by atoms with Gasteiger partial charge in [-0.05, 0) is 32.9 Å². The highest BCUT2D eigenvalue weighted by Gasteiger charge is 2.10. The van der Waals surface area contributed by atoms with E-state index in [0.717, 1.165) is 23.0 Å². The molecule has 0 bridgehead atoms. The molecule has 2 heterocycles. The van der Waals surface area contributed by atoms with Crippen LogP contribution in [0.2, 0.25) is 0 Å². The average Bonchev–Trinajstić information content (AvgIpc) is 2.69. The minimum atomic E-state index is 0.214. The summed E-state index contributed by atoms with van der Waals surface area (Å²) in [6.07, 6.45) is 2.03. The van der Waals surface area contributed by atoms with Crippen molar-refractivity contribution in [1.29, 1.82) is 0 Å². The topological polar surface area (TPSA) is 52.0 Å². The van der Waals surface area contributed by atoms with Crippen molar-refractivity contribution in [3.63, 3.8) is 0 Å². The number of aryl methyl sites for hydroxylation is 2. The molecule has 5 nitrogen and oxygen atoms in total. The summed E-state index contributed by atoms with van der Waals surface area (Å²) in [5.41, 5.74) is 3.05. The van der Waals surface area contributed by atoms with E-state index < -0.39 is 0 Å². The van der Waals surface area contributed by atoms with Crippen LogP contribution in [-0.2, 0) is 11.3 Å². The van der Waals surface area contributed by atoms with Crippen molar-refractivity contribution in [2.75, 3.05) is 19.0 Å². The van der Waals surface area contributed by atoms with Gasteiger partial charge in [0.1, 0.15) is 0 Å². The number of ether oxygens (including phenoxy) is 1. The van der Waals surface area contributed by atoms with Crippen LogP contribution >= 0.6 is 0 Å². The summed E-state index contributed by atoms with van der Waals surface area (Å²) in [4.78, 5) is 9.05. The van der Waals surface area contributed by atoms with Crippen LogP contribution in [0.5, 0.6) is 0 Å². The van der Waals surface area contributed by atoms with Gasteiger partial charge in [-0.1, -0.05) is 6.07 Å². The zero-order valence-electron chi connectivity index (χ0n) is 12.6. The molecule has 0 aliphatic carbocycles. The highest BCUT2D eigenvalue weighted by atomic mass is 16.5. The third-order valence-corrected chi connectivity index (χ3v) is 2.97. The maximum Gasteiger partial charge on any atom is 0.203 e. The zero-order chi connectivity index (χ0) is 14.5.